The number of halogens is 1. The lowest BCUT2D eigenvalue weighted by atomic mass is 10.1. The molecule has 0 saturated carbocycles. The molecule has 0 saturated heterocycles. The summed E-state index contributed by atoms with van der Waals surface area (Å²) >= 11 is 0. The van der Waals surface area contributed by atoms with Gasteiger partial charge in [-0.25, -0.2) is 0 Å². The number of hydrogen-bond donors (Lipinski definition) is 0. The summed E-state index contributed by atoms with van der Waals surface area (Å²) in [7, 11) is 6.04. The first kappa shape index (κ1) is 13.1. The van der Waals surface area contributed by atoms with Gasteiger partial charge in [0.2, 0.25) is 5.78 Å². The van der Waals surface area contributed by atoms with Crippen molar-refractivity contribution in [2.45, 2.75) is 0 Å². The van der Waals surface area contributed by atoms with Crippen LogP contribution in [0, 0.1) is 0 Å². The Labute approximate surface area is 91.5 Å². The highest BCUT2D eigenvalue weighted by Gasteiger charge is 2.15. The van der Waals surface area contributed by atoms with Gasteiger partial charge < -0.3 is 16.9 Å². The van der Waals surface area contributed by atoms with E-state index in [0.29, 0.717) is 11.0 Å². The second-order valence-electron chi connectivity index (χ2n) is 4.24. The Bertz CT molecular complexity index is 290. The van der Waals surface area contributed by atoms with Gasteiger partial charge in [0.15, 0.2) is 0 Å². The van der Waals surface area contributed by atoms with Crippen LogP contribution < -0.4 is 12.4 Å². The van der Waals surface area contributed by atoms with Gasteiger partial charge in [-0.1, -0.05) is 30.3 Å². The quantitative estimate of drug-likeness (QED) is 0.445. The van der Waals surface area contributed by atoms with Crippen molar-refractivity contribution >= 4 is 5.78 Å². The lowest BCUT2D eigenvalue weighted by Gasteiger charge is -2.22. The minimum atomic E-state index is 0. The van der Waals surface area contributed by atoms with E-state index in [1.807, 2.05) is 51.5 Å². The van der Waals surface area contributed by atoms with Crippen molar-refractivity contribution < 1.29 is 21.7 Å². The molecule has 1 rings (SSSR count). The van der Waals surface area contributed by atoms with E-state index in [-0.39, 0.29) is 18.2 Å². The van der Waals surface area contributed by atoms with Crippen molar-refractivity contribution in [3.8, 4) is 0 Å². The molecular formula is C11H16ClNO. The number of likely N-dealkylation sites (N-methyl/N-ethyl adjacent to an activating group) is 1. The largest absolute Gasteiger partial charge is 1.00 e. The summed E-state index contributed by atoms with van der Waals surface area (Å²) in [4.78, 5) is 11.6. The van der Waals surface area contributed by atoms with Crippen molar-refractivity contribution in [2.75, 3.05) is 27.7 Å². The molecule has 0 aliphatic heterocycles. The van der Waals surface area contributed by atoms with Crippen LogP contribution in [0.25, 0.3) is 0 Å². The maximum atomic E-state index is 11.6. The van der Waals surface area contributed by atoms with Crippen LogP contribution in [0.15, 0.2) is 30.3 Å². The molecule has 0 aliphatic carbocycles. The van der Waals surface area contributed by atoms with Crippen molar-refractivity contribution in [1.82, 2.24) is 0 Å². The number of nitrogens with zero attached hydrogens (tertiary/aromatic N) is 1. The predicted octanol–water partition coefficient (Wildman–Crippen LogP) is -1.42. The highest BCUT2D eigenvalue weighted by Crippen LogP contribution is 2.02. The van der Waals surface area contributed by atoms with Gasteiger partial charge in [-0.3, -0.25) is 4.79 Å². The second-order valence-corrected chi connectivity index (χ2v) is 4.24. The average molecular weight is 214 g/mol. The number of ketones is 1. The Balaban J connectivity index is 0.00000169. The van der Waals surface area contributed by atoms with Gasteiger partial charge in [0.1, 0.15) is 6.54 Å². The molecule has 0 radical (unpaired) electrons. The van der Waals surface area contributed by atoms with Crippen LogP contribution in [0.4, 0.5) is 0 Å². The molecule has 3 heteroatoms. The van der Waals surface area contributed by atoms with E-state index in [9.17, 15) is 4.79 Å². The molecule has 0 fully saturated rings. The number of carbonyl (C=O) groups excluding carboxylic acids is 1. The lowest BCUT2D eigenvalue weighted by molar-refractivity contribution is -0.861. The van der Waals surface area contributed by atoms with Crippen LogP contribution in [0.5, 0.6) is 0 Å². The molecule has 2 nitrogen and oxygen atoms in total. The first-order valence-electron chi connectivity index (χ1n) is 4.38. The molecule has 78 valence electrons. The maximum absolute atomic E-state index is 11.6. The van der Waals surface area contributed by atoms with E-state index in [2.05, 4.69) is 0 Å². The Hall–Kier alpha value is -0.860. The van der Waals surface area contributed by atoms with Gasteiger partial charge in [-0.2, -0.15) is 0 Å². The van der Waals surface area contributed by atoms with Gasteiger partial charge >= 0.3 is 0 Å². The fourth-order valence-electron chi connectivity index (χ4n) is 1.15. The minimum absolute atomic E-state index is 0. The van der Waals surface area contributed by atoms with Crippen molar-refractivity contribution in [3.05, 3.63) is 35.9 Å². The zero-order chi connectivity index (χ0) is 9.90. The molecule has 1 aromatic carbocycles. The summed E-state index contributed by atoms with van der Waals surface area (Å²) in [5.41, 5.74) is 0.801. The van der Waals surface area contributed by atoms with E-state index in [0.717, 1.165) is 5.56 Å². The molecule has 0 heterocycles. The second kappa shape index (κ2) is 5.13. The third-order valence-electron chi connectivity index (χ3n) is 1.71. The SMILES string of the molecule is C[N+](C)(C)CC(=O)c1ccccc1.[Cl-]. The lowest BCUT2D eigenvalue weighted by Crippen LogP contribution is -3.00. The monoisotopic (exact) mass is 213 g/mol. The normalized spacial score (nSPS) is 10.5. The highest BCUT2D eigenvalue weighted by molar-refractivity contribution is 5.96. The van der Waals surface area contributed by atoms with Crippen LogP contribution in [-0.2, 0) is 0 Å². The van der Waals surface area contributed by atoms with E-state index >= 15 is 0 Å². The molecule has 0 amide bonds. The standard InChI is InChI=1S/C11H16NO.ClH/c1-12(2,3)9-11(13)10-7-5-4-6-8-10;/h4-8H,9H2,1-3H3;1H/q+1;/p-1. The van der Waals surface area contributed by atoms with Crippen molar-refractivity contribution in [2.24, 2.45) is 0 Å². The average Bonchev–Trinajstić information content (AvgIpc) is 2.03. The summed E-state index contributed by atoms with van der Waals surface area (Å²) < 4.78 is 0.674. The van der Waals surface area contributed by atoms with E-state index in [1.54, 1.807) is 0 Å². The maximum Gasteiger partial charge on any atom is 0.216 e. The summed E-state index contributed by atoms with van der Waals surface area (Å²) in [5.74, 6) is 0.202. The van der Waals surface area contributed by atoms with Crippen molar-refractivity contribution in [3.63, 3.8) is 0 Å². The molecule has 0 spiro atoms. The summed E-state index contributed by atoms with van der Waals surface area (Å²) in [6, 6.07) is 9.42. The van der Waals surface area contributed by atoms with Gasteiger partial charge in [0.25, 0.3) is 0 Å². The molecule has 14 heavy (non-hydrogen) atoms. The Morgan fingerprint density at radius 2 is 1.64 bits per heavy atom. The Kier molecular flexibility index (Phi) is 4.81. The minimum Gasteiger partial charge on any atom is -1.00 e. The number of Topliss-reactive ketones (excluding diaryl/α,β-unsaturated/α-hetero) is 1. The number of rotatable bonds is 3. The molecule has 0 aromatic heterocycles. The molecule has 0 unspecified atom stereocenters. The van der Waals surface area contributed by atoms with Crippen LogP contribution in [0.1, 0.15) is 10.4 Å². The zero-order valence-corrected chi connectivity index (χ0v) is 9.58. The van der Waals surface area contributed by atoms with Crippen LogP contribution in [-0.4, -0.2) is 38.0 Å². The third kappa shape index (κ3) is 4.40. The first-order valence-corrected chi connectivity index (χ1v) is 4.38. The van der Waals surface area contributed by atoms with Crippen LogP contribution in [0.3, 0.4) is 0 Å². The van der Waals surface area contributed by atoms with Gasteiger partial charge in [0.05, 0.1) is 21.1 Å². The number of hydrogen-bond acceptors (Lipinski definition) is 1. The van der Waals surface area contributed by atoms with Gasteiger partial charge in [-0.15, -0.1) is 0 Å². The predicted molar refractivity (Wildman–Crippen MR) is 53.7 cm³/mol. The Morgan fingerprint density at radius 3 is 2.07 bits per heavy atom. The van der Waals surface area contributed by atoms with E-state index in [1.165, 1.54) is 0 Å². The molecule has 0 aliphatic rings. The van der Waals surface area contributed by atoms with Crippen molar-refractivity contribution in [1.29, 1.82) is 0 Å². The summed E-state index contributed by atoms with van der Waals surface area (Å²) in [6.45, 7) is 0.546. The molecular weight excluding hydrogens is 198 g/mol. The molecule has 0 bridgehead atoms. The van der Waals surface area contributed by atoms with Crippen LogP contribution in [0.2, 0.25) is 0 Å². The number of benzene rings is 1. The molecule has 0 N–H and O–H groups in total. The zero-order valence-electron chi connectivity index (χ0n) is 8.83. The van der Waals surface area contributed by atoms with Gasteiger partial charge in [0, 0.05) is 5.56 Å². The fourth-order valence-corrected chi connectivity index (χ4v) is 1.15. The molecule has 1 aromatic rings. The first-order chi connectivity index (χ1) is 5.99. The van der Waals surface area contributed by atoms with E-state index < -0.39 is 0 Å². The van der Waals surface area contributed by atoms with Crippen LogP contribution >= 0.6 is 0 Å². The van der Waals surface area contributed by atoms with E-state index in [4.69, 9.17) is 0 Å². The third-order valence-corrected chi connectivity index (χ3v) is 1.71. The number of quaternary nitrogens is 1. The Morgan fingerprint density at radius 1 is 1.14 bits per heavy atom. The van der Waals surface area contributed by atoms with Gasteiger partial charge in [-0.05, 0) is 0 Å². The molecule has 0 atom stereocenters. The fraction of sp³-hybridized carbons (Fsp3) is 0.364. The summed E-state index contributed by atoms with van der Waals surface area (Å²) in [5, 5.41) is 0. The number of carbonyl (C=O) groups is 1. The smallest absolute Gasteiger partial charge is 0.216 e. The summed E-state index contributed by atoms with van der Waals surface area (Å²) in [6.07, 6.45) is 0. The highest BCUT2D eigenvalue weighted by atomic mass is 35.5. The topological polar surface area (TPSA) is 17.1 Å².